The average molecular weight is 434 g/mol. The number of amides is 2. The van der Waals surface area contributed by atoms with Crippen LogP contribution in [0.2, 0.25) is 0 Å². The molecule has 0 bridgehead atoms. The van der Waals surface area contributed by atoms with Crippen molar-refractivity contribution in [2.24, 2.45) is 0 Å². The van der Waals surface area contributed by atoms with Gasteiger partial charge in [-0.2, -0.15) is 0 Å². The van der Waals surface area contributed by atoms with Gasteiger partial charge < -0.3 is 15.4 Å². The number of carbonyl (C=O) groups excluding carboxylic acids is 3. The molecule has 1 aliphatic rings. The summed E-state index contributed by atoms with van der Waals surface area (Å²) >= 11 is 2.68. The topological polar surface area (TPSA) is 97.4 Å². The Morgan fingerprint density at radius 2 is 1.93 bits per heavy atom. The lowest BCUT2D eigenvalue weighted by Crippen LogP contribution is -2.26. The van der Waals surface area contributed by atoms with Gasteiger partial charge in [-0.05, 0) is 19.8 Å². The lowest BCUT2D eigenvalue weighted by molar-refractivity contribution is -0.144. The summed E-state index contributed by atoms with van der Waals surface area (Å²) < 4.78 is 5.56. The number of hydrogen-bond acceptors (Lipinski definition) is 7. The van der Waals surface area contributed by atoms with Gasteiger partial charge in [-0.3, -0.25) is 14.4 Å². The maximum absolute atomic E-state index is 12.3. The first-order valence-electron chi connectivity index (χ1n) is 9.49. The highest BCUT2D eigenvalue weighted by Gasteiger charge is 2.23. The van der Waals surface area contributed by atoms with Crippen molar-refractivity contribution >= 4 is 45.9 Å². The number of anilines is 1. The molecule has 154 valence electrons. The van der Waals surface area contributed by atoms with Crippen molar-refractivity contribution < 1.29 is 19.1 Å². The van der Waals surface area contributed by atoms with Crippen LogP contribution in [0.25, 0.3) is 11.3 Å². The van der Waals surface area contributed by atoms with Gasteiger partial charge in [-0.15, -0.1) is 0 Å². The van der Waals surface area contributed by atoms with Crippen molar-refractivity contribution in [3.8, 4) is 11.3 Å². The van der Waals surface area contributed by atoms with Gasteiger partial charge >= 0.3 is 5.97 Å². The number of hydrogen-bond donors (Lipinski definition) is 2. The monoisotopic (exact) mass is 433 g/mol. The first kappa shape index (κ1) is 21.3. The Morgan fingerprint density at radius 1 is 1.17 bits per heavy atom. The van der Waals surface area contributed by atoms with Crippen molar-refractivity contribution in [3.63, 3.8) is 0 Å². The number of ether oxygens (including phenoxy) is 1. The molecular formula is C20H23N3O4S2. The Bertz CT molecular complexity index is 866. The van der Waals surface area contributed by atoms with E-state index in [4.69, 9.17) is 4.74 Å². The maximum atomic E-state index is 12.3. The summed E-state index contributed by atoms with van der Waals surface area (Å²) in [5, 5.41) is 6.41. The molecule has 2 aromatic rings. The van der Waals surface area contributed by atoms with Crippen LogP contribution in [0.15, 0.2) is 34.7 Å². The quantitative estimate of drug-likeness (QED) is 0.440. The molecule has 0 unspecified atom stereocenters. The second-order valence-corrected chi connectivity index (χ2v) is 8.73. The third kappa shape index (κ3) is 6.86. The molecule has 0 radical (unpaired) electrons. The van der Waals surface area contributed by atoms with Crippen LogP contribution in [0, 0.1) is 0 Å². The van der Waals surface area contributed by atoms with Gasteiger partial charge in [0.15, 0.2) is 4.34 Å². The molecule has 0 spiro atoms. The zero-order valence-corrected chi connectivity index (χ0v) is 17.7. The van der Waals surface area contributed by atoms with Crippen LogP contribution in [-0.2, 0) is 19.1 Å². The highest BCUT2D eigenvalue weighted by Crippen LogP contribution is 2.37. The smallest absolute Gasteiger partial charge is 0.306 e. The van der Waals surface area contributed by atoms with E-state index < -0.39 is 5.97 Å². The molecule has 1 heterocycles. The van der Waals surface area contributed by atoms with Gasteiger partial charge in [0.1, 0.15) is 10.7 Å². The van der Waals surface area contributed by atoms with Crippen LogP contribution in [0.4, 0.5) is 5.00 Å². The van der Waals surface area contributed by atoms with E-state index in [9.17, 15) is 14.4 Å². The third-order valence-electron chi connectivity index (χ3n) is 4.04. The summed E-state index contributed by atoms with van der Waals surface area (Å²) in [4.78, 5) is 40.3. The van der Waals surface area contributed by atoms with Gasteiger partial charge in [0.05, 0.1) is 18.8 Å². The molecule has 9 heteroatoms. The van der Waals surface area contributed by atoms with E-state index in [1.807, 2.05) is 30.3 Å². The summed E-state index contributed by atoms with van der Waals surface area (Å²) in [5.41, 5.74) is 1.53. The Balaban J connectivity index is 1.66. The number of aromatic nitrogens is 1. The van der Waals surface area contributed by atoms with Gasteiger partial charge in [-0.25, -0.2) is 4.98 Å². The molecule has 1 saturated carbocycles. The number of carbonyl (C=O) groups is 3. The summed E-state index contributed by atoms with van der Waals surface area (Å²) in [6, 6.07) is 9.86. The SMILES string of the molecule is CCOC(=O)CCC(=O)Nc1sc(SCC(=O)NC2CC2)nc1-c1ccccc1. The van der Waals surface area contributed by atoms with Gasteiger partial charge in [-0.1, -0.05) is 53.4 Å². The molecule has 7 nitrogen and oxygen atoms in total. The Kier molecular flexibility index (Phi) is 7.65. The van der Waals surface area contributed by atoms with Crippen molar-refractivity contribution in [2.45, 2.75) is 43.0 Å². The number of nitrogens with zero attached hydrogens (tertiary/aromatic N) is 1. The van der Waals surface area contributed by atoms with E-state index in [0.717, 1.165) is 18.4 Å². The number of rotatable bonds is 10. The minimum atomic E-state index is -0.395. The van der Waals surface area contributed by atoms with E-state index in [0.29, 0.717) is 27.7 Å². The molecule has 29 heavy (non-hydrogen) atoms. The largest absolute Gasteiger partial charge is 0.466 e. The van der Waals surface area contributed by atoms with E-state index >= 15 is 0 Å². The van der Waals surface area contributed by atoms with Gasteiger partial charge in [0.2, 0.25) is 11.8 Å². The second-order valence-electron chi connectivity index (χ2n) is 6.51. The first-order valence-corrected chi connectivity index (χ1v) is 11.3. The number of nitrogens with one attached hydrogen (secondary N) is 2. The van der Waals surface area contributed by atoms with Crippen LogP contribution in [0.3, 0.4) is 0 Å². The third-order valence-corrected chi connectivity index (χ3v) is 6.15. The molecular weight excluding hydrogens is 410 g/mol. The summed E-state index contributed by atoms with van der Waals surface area (Å²) in [6.07, 6.45) is 2.17. The van der Waals surface area contributed by atoms with Crippen LogP contribution in [0.1, 0.15) is 32.6 Å². The van der Waals surface area contributed by atoms with Crippen molar-refractivity contribution in [1.82, 2.24) is 10.3 Å². The van der Waals surface area contributed by atoms with Crippen molar-refractivity contribution in [1.29, 1.82) is 0 Å². The van der Waals surface area contributed by atoms with Gasteiger partial charge in [0.25, 0.3) is 0 Å². The molecule has 1 aromatic carbocycles. The fourth-order valence-corrected chi connectivity index (χ4v) is 4.39. The molecule has 2 amide bonds. The fourth-order valence-electron chi connectivity index (χ4n) is 2.50. The molecule has 0 saturated heterocycles. The van der Waals surface area contributed by atoms with E-state index in [-0.39, 0.29) is 30.4 Å². The Morgan fingerprint density at radius 3 is 2.62 bits per heavy atom. The van der Waals surface area contributed by atoms with Crippen molar-refractivity contribution in [2.75, 3.05) is 17.7 Å². The highest BCUT2D eigenvalue weighted by atomic mass is 32.2. The molecule has 1 aliphatic carbocycles. The van der Waals surface area contributed by atoms with Crippen LogP contribution < -0.4 is 10.6 Å². The molecule has 3 rings (SSSR count). The first-order chi connectivity index (χ1) is 14.0. The molecule has 0 aliphatic heterocycles. The predicted octanol–water partition coefficient (Wildman–Crippen LogP) is 3.46. The molecule has 1 fully saturated rings. The summed E-state index contributed by atoms with van der Waals surface area (Å²) in [6.45, 7) is 2.02. The molecule has 2 N–H and O–H groups in total. The maximum Gasteiger partial charge on any atom is 0.306 e. The fraction of sp³-hybridized carbons (Fsp3) is 0.400. The van der Waals surface area contributed by atoms with E-state index in [2.05, 4.69) is 15.6 Å². The number of benzene rings is 1. The van der Waals surface area contributed by atoms with E-state index in [1.54, 1.807) is 6.92 Å². The standard InChI is InChI=1S/C20H23N3O4S2/c1-2-27-17(26)11-10-15(24)22-19-18(13-6-4-3-5-7-13)23-20(29-19)28-12-16(25)21-14-8-9-14/h3-7,14H,2,8-12H2,1H3,(H,21,25)(H,22,24). The van der Waals surface area contributed by atoms with Crippen LogP contribution >= 0.6 is 23.1 Å². The minimum absolute atomic E-state index is 0.00557. The normalized spacial score (nSPS) is 13.0. The Labute approximate surface area is 177 Å². The van der Waals surface area contributed by atoms with Crippen LogP contribution in [-0.4, -0.2) is 41.2 Å². The summed E-state index contributed by atoms with van der Waals surface area (Å²) in [5.74, 6) is -0.391. The number of thioether (sulfide) groups is 1. The van der Waals surface area contributed by atoms with Gasteiger partial charge in [0, 0.05) is 18.0 Å². The molecule has 0 atom stereocenters. The zero-order valence-electron chi connectivity index (χ0n) is 16.1. The van der Waals surface area contributed by atoms with Crippen LogP contribution in [0.5, 0.6) is 0 Å². The minimum Gasteiger partial charge on any atom is -0.466 e. The number of esters is 1. The van der Waals surface area contributed by atoms with E-state index in [1.165, 1.54) is 23.1 Å². The predicted molar refractivity (Wildman–Crippen MR) is 114 cm³/mol. The lowest BCUT2D eigenvalue weighted by Gasteiger charge is -2.05. The number of thiazole rings is 1. The lowest BCUT2D eigenvalue weighted by atomic mass is 10.1. The summed E-state index contributed by atoms with van der Waals surface area (Å²) in [7, 11) is 0. The van der Waals surface area contributed by atoms with Crippen molar-refractivity contribution in [3.05, 3.63) is 30.3 Å². The zero-order chi connectivity index (χ0) is 20.6. The Hall–Kier alpha value is -2.39. The molecule has 1 aromatic heterocycles. The second kappa shape index (κ2) is 10.4. The highest BCUT2D eigenvalue weighted by molar-refractivity contribution is 8.01. The average Bonchev–Trinajstić information content (AvgIpc) is 3.43.